The van der Waals surface area contributed by atoms with Gasteiger partial charge < -0.3 is 5.73 Å². The molecule has 0 aliphatic heterocycles. The molecule has 2 atom stereocenters. The van der Waals surface area contributed by atoms with Gasteiger partial charge in [0, 0.05) is 5.92 Å². The van der Waals surface area contributed by atoms with Crippen LogP contribution in [0.4, 0.5) is 0 Å². The summed E-state index contributed by atoms with van der Waals surface area (Å²) in [4.78, 5) is 0. The van der Waals surface area contributed by atoms with E-state index >= 15 is 0 Å². The van der Waals surface area contributed by atoms with E-state index in [4.69, 9.17) is 11.1 Å². The summed E-state index contributed by atoms with van der Waals surface area (Å²) in [6.07, 6.45) is 4.85. The van der Waals surface area contributed by atoms with Gasteiger partial charge in [0.25, 0.3) is 0 Å². The number of rotatable bonds is 1. The molecule has 0 aromatic heterocycles. The van der Waals surface area contributed by atoms with E-state index in [2.05, 4.69) is 7.85 Å². The van der Waals surface area contributed by atoms with Crippen molar-refractivity contribution in [3.05, 3.63) is 0 Å². The highest BCUT2D eigenvalue weighted by Gasteiger charge is 2.20. The highest BCUT2D eigenvalue weighted by atomic mass is 14.7. The Balaban J connectivity index is 2.39. The highest BCUT2D eigenvalue weighted by molar-refractivity contribution is 6.11. The fourth-order valence-corrected chi connectivity index (χ4v) is 1.72. The van der Waals surface area contributed by atoms with Gasteiger partial charge in [-0.3, -0.25) is 5.41 Å². The van der Waals surface area contributed by atoms with E-state index in [1.807, 2.05) is 0 Å². The molecule has 2 unspecified atom stereocenters. The predicted octanol–water partition coefficient (Wildman–Crippen LogP) is 0.534. The first-order chi connectivity index (χ1) is 4.70. The van der Waals surface area contributed by atoms with Crippen LogP contribution in [0.1, 0.15) is 25.7 Å². The summed E-state index contributed by atoms with van der Waals surface area (Å²) in [6.45, 7) is 0. The molecule has 0 heterocycles. The van der Waals surface area contributed by atoms with Crippen molar-refractivity contribution in [2.45, 2.75) is 31.5 Å². The number of nitrogens with one attached hydrogen (secondary N) is 1. The fraction of sp³-hybridized carbons (Fsp3) is 0.857. The molecule has 1 aliphatic rings. The molecule has 0 spiro atoms. The standard InChI is InChI=1S/C7H15BN2/c8-6-3-1-2-5(4-6)7(9)10/h5-6H,1-4,8H2,(H3,9,10). The number of hydrogen-bond donors (Lipinski definition) is 2. The van der Waals surface area contributed by atoms with Gasteiger partial charge in [-0.15, -0.1) is 0 Å². The second-order valence-electron chi connectivity index (χ2n) is 3.42. The zero-order valence-electron chi connectivity index (χ0n) is 6.56. The molecule has 3 N–H and O–H groups in total. The Morgan fingerprint density at radius 1 is 1.50 bits per heavy atom. The lowest BCUT2D eigenvalue weighted by Crippen LogP contribution is -2.26. The van der Waals surface area contributed by atoms with Crippen LogP contribution in [0, 0.1) is 11.3 Å². The maximum atomic E-state index is 7.26. The van der Waals surface area contributed by atoms with Crippen molar-refractivity contribution in [1.82, 2.24) is 0 Å². The van der Waals surface area contributed by atoms with Crippen LogP contribution in [0.3, 0.4) is 0 Å². The van der Waals surface area contributed by atoms with Crippen molar-refractivity contribution < 1.29 is 0 Å². The van der Waals surface area contributed by atoms with E-state index in [9.17, 15) is 0 Å². The van der Waals surface area contributed by atoms with Gasteiger partial charge in [0.1, 0.15) is 7.85 Å². The van der Waals surface area contributed by atoms with Gasteiger partial charge in [0.05, 0.1) is 5.84 Å². The molecule has 1 aliphatic carbocycles. The topological polar surface area (TPSA) is 49.9 Å². The molecule has 1 saturated carbocycles. The van der Waals surface area contributed by atoms with Gasteiger partial charge in [0.2, 0.25) is 0 Å². The van der Waals surface area contributed by atoms with Crippen LogP contribution in [0.2, 0.25) is 5.82 Å². The van der Waals surface area contributed by atoms with Gasteiger partial charge in [0.15, 0.2) is 0 Å². The van der Waals surface area contributed by atoms with E-state index in [0.29, 0.717) is 11.8 Å². The first kappa shape index (κ1) is 7.64. The van der Waals surface area contributed by atoms with E-state index in [1.165, 1.54) is 12.8 Å². The van der Waals surface area contributed by atoms with Crippen LogP contribution in [-0.2, 0) is 0 Å². The SMILES string of the molecule is BC1CCCC(C(=N)N)C1. The first-order valence-corrected chi connectivity index (χ1v) is 4.04. The van der Waals surface area contributed by atoms with Crippen molar-refractivity contribution >= 4 is 13.7 Å². The summed E-state index contributed by atoms with van der Waals surface area (Å²) < 4.78 is 0. The molecule has 2 nitrogen and oxygen atoms in total. The molecular formula is C7H15BN2. The predicted molar refractivity (Wildman–Crippen MR) is 46.2 cm³/mol. The van der Waals surface area contributed by atoms with Gasteiger partial charge in [-0.25, -0.2) is 0 Å². The first-order valence-electron chi connectivity index (χ1n) is 4.04. The molecule has 3 heteroatoms. The van der Waals surface area contributed by atoms with Crippen LogP contribution < -0.4 is 5.73 Å². The molecule has 0 amide bonds. The second kappa shape index (κ2) is 3.08. The zero-order chi connectivity index (χ0) is 7.56. The molecule has 0 saturated heterocycles. The highest BCUT2D eigenvalue weighted by Crippen LogP contribution is 2.30. The number of amidine groups is 1. The Bertz CT molecular complexity index is 136. The van der Waals surface area contributed by atoms with Gasteiger partial charge in [-0.1, -0.05) is 18.7 Å². The third-order valence-electron chi connectivity index (χ3n) is 2.38. The second-order valence-corrected chi connectivity index (χ2v) is 3.42. The van der Waals surface area contributed by atoms with E-state index in [-0.39, 0.29) is 0 Å². The van der Waals surface area contributed by atoms with Crippen LogP contribution >= 0.6 is 0 Å². The summed E-state index contributed by atoms with van der Waals surface area (Å²) >= 11 is 0. The van der Waals surface area contributed by atoms with E-state index < -0.39 is 0 Å². The minimum atomic E-state index is 0.392. The Labute approximate surface area is 63.1 Å². The van der Waals surface area contributed by atoms with Crippen LogP contribution in [0.15, 0.2) is 0 Å². The number of nitrogens with two attached hydrogens (primary N) is 1. The van der Waals surface area contributed by atoms with Crippen LogP contribution in [-0.4, -0.2) is 13.7 Å². The molecular weight excluding hydrogens is 123 g/mol. The van der Waals surface area contributed by atoms with Crippen LogP contribution in [0.25, 0.3) is 0 Å². The van der Waals surface area contributed by atoms with E-state index in [0.717, 1.165) is 18.7 Å². The zero-order valence-corrected chi connectivity index (χ0v) is 6.56. The van der Waals surface area contributed by atoms with Crippen molar-refractivity contribution in [2.75, 3.05) is 0 Å². The molecule has 0 radical (unpaired) electrons. The smallest absolute Gasteiger partial charge is 0.105 e. The average Bonchev–Trinajstić information content (AvgIpc) is 1.88. The molecule has 0 aromatic rings. The molecule has 0 aromatic carbocycles. The Morgan fingerprint density at radius 2 is 2.20 bits per heavy atom. The van der Waals surface area contributed by atoms with Gasteiger partial charge in [-0.05, 0) is 12.8 Å². The lowest BCUT2D eigenvalue weighted by atomic mass is 9.71. The minimum absolute atomic E-state index is 0.392. The average molecular weight is 138 g/mol. The molecule has 10 heavy (non-hydrogen) atoms. The molecule has 0 bridgehead atoms. The Kier molecular flexibility index (Phi) is 2.36. The summed E-state index contributed by atoms with van der Waals surface area (Å²) in [5.41, 5.74) is 5.41. The van der Waals surface area contributed by atoms with Gasteiger partial charge in [-0.2, -0.15) is 0 Å². The summed E-state index contributed by atoms with van der Waals surface area (Å²) in [7, 11) is 2.25. The van der Waals surface area contributed by atoms with Crippen molar-refractivity contribution in [3.63, 3.8) is 0 Å². The third kappa shape index (κ3) is 1.76. The normalized spacial score (nSPS) is 33.6. The molecule has 1 fully saturated rings. The maximum absolute atomic E-state index is 7.26. The summed E-state index contributed by atoms with van der Waals surface area (Å²) in [5, 5.41) is 7.26. The Hall–Kier alpha value is -0.465. The number of hydrogen-bond acceptors (Lipinski definition) is 1. The van der Waals surface area contributed by atoms with Gasteiger partial charge >= 0.3 is 0 Å². The largest absolute Gasteiger partial charge is 0.387 e. The Morgan fingerprint density at radius 3 is 2.60 bits per heavy atom. The van der Waals surface area contributed by atoms with Crippen LogP contribution in [0.5, 0.6) is 0 Å². The van der Waals surface area contributed by atoms with Crippen molar-refractivity contribution in [1.29, 1.82) is 5.41 Å². The maximum Gasteiger partial charge on any atom is 0.105 e. The third-order valence-corrected chi connectivity index (χ3v) is 2.38. The van der Waals surface area contributed by atoms with E-state index in [1.54, 1.807) is 0 Å². The quantitative estimate of drug-likeness (QED) is 0.310. The van der Waals surface area contributed by atoms with Crippen molar-refractivity contribution in [3.8, 4) is 0 Å². The van der Waals surface area contributed by atoms with Crippen molar-refractivity contribution in [2.24, 2.45) is 11.7 Å². The molecule has 1 rings (SSSR count). The molecule has 56 valence electrons. The summed E-state index contributed by atoms with van der Waals surface area (Å²) in [6, 6.07) is 0. The monoisotopic (exact) mass is 138 g/mol. The fourth-order valence-electron chi connectivity index (χ4n) is 1.72. The summed E-state index contributed by atoms with van der Waals surface area (Å²) in [5.74, 6) is 1.57. The minimum Gasteiger partial charge on any atom is -0.387 e. The lowest BCUT2D eigenvalue weighted by molar-refractivity contribution is 0.436. The lowest BCUT2D eigenvalue weighted by Gasteiger charge is -2.25.